The summed E-state index contributed by atoms with van der Waals surface area (Å²) in [5, 5.41) is 11.3. The van der Waals surface area contributed by atoms with E-state index in [1.807, 2.05) is 24.3 Å². The lowest BCUT2D eigenvalue weighted by Gasteiger charge is -2.08. The number of para-hydroxylation sites is 1. The molecule has 22 heavy (non-hydrogen) atoms. The Hall–Kier alpha value is -2.60. The second-order valence-corrected chi connectivity index (χ2v) is 5.04. The summed E-state index contributed by atoms with van der Waals surface area (Å²) in [7, 11) is 1.52. The Balaban J connectivity index is 1.75. The van der Waals surface area contributed by atoms with E-state index in [0.29, 0.717) is 16.5 Å². The molecule has 0 unspecified atom stereocenters. The van der Waals surface area contributed by atoms with Crippen molar-refractivity contribution >= 4 is 34.2 Å². The zero-order valence-corrected chi connectivity index (χ0v) is 12.5. The highest BCUT2D eigenvalue weighted by Gasteiger charge is 2.10. The Morgan fingerprint density at radius 2 is 2.14 bits per heavy atom. The van der Waals surface area contributed by atoms with Crippen molar-refractivity contribution in [3.8, 4) is 5.75 Å². The van der Waals surface area contributed by atoms with Gasteiger partial charge in [-0.05, 0) is 24.3 Å². The molecular weight excluding hydrogens is 304 g/mol. The number of hydrogen-bond donors (Lipinski definition) is 1. The van der Waals surface area contributed by atoms with Crippen molar-refractivity contribution in [3.05, 3.63) is 47.5 Å². The van der Waals surface area contributed by atoms with Gasteiger partial charge in [-0.25, -0.2) is 4.68 Å². The number of benzene rings is 2. The first-order valence-corrected chi connectivity index (χ1v) is 6.97. The normalized spacial score (nSPS) is 10.6. The number of anilines is 1. The number of halogens is 1. The molecule has 0 bridgehead atoms. The maximum absolute atomic E-state index is 12.1. The van der Waals surface area contributed by atoms with Gasteiger partial charge in [-0.15, -0.1) is 5.10 Å². The van der Waals surface area contributed by atoms with E-state index in [-0.39, 0.29) is 12.5 Å². The lowest BCUT2D eigenvalue weighted by Crippen LogP contribution is -2.19. The molecule has 0 saturated heterocycles. The van der Waals surface area contributed by atoms with E-state index in [1.165, 1.54) is 7.11 Å². The van der Waals surface area contributed by atoms with E-state index in [0.717, 1.165) is 11.0 Å². The van der Waals surface area contributed by atoms with Crippen LogP contribution in [-0.4, -0.2) is 28.0 Å². The third kappa shape index (κ3) is 2.87. The molecule has 6 nitrogen and oxygen atoms in total. The van der Waals surface area contributed by atoms with Crippen LogP contribution in [0.5, 0.6) is 5.75 Å². The average Bonchev–Trinajstić information content (AvgIpc) is 2.92. The second kappa shape index (κ2) is 6.03. The number of methoxy groups -OCH3 is 1. The molecule has 3 aromatic rings. The van der Waals surface area contributed by atoms with Gasteiger partial charge < -0.3 is 10.1 Å². The highest BCUT2D eigenvalue weighted by Crippen LogP contribution is 2.27. The Morgan fingerprint density at radius 1 is 1.32 bits per heavy atom. The van der Waals surface area contributed by atoms with Gasteiger partial charge in [-0.3, -0.25) is 4.79 Å². The van der Waals surface area contributed by atoms with Crippen molar-refractivity contribution in [1.82, 2.24) is 15.0 Å². The summed E-state index contributed by atoms with van der Waals surface area (Å²) in [6.45, 7) is 0.0749. The number of amides is 1. The predicted molar refractivity (Wildman–Crippen MR) is 84.2 cm³/mol. The molecule has 0 fully saturated rings. The standard InChI is InChI=1S/C15H13ClN4O2/c1-22-14-8-10(6-7-11(14)16)17-15(21)9-20-13-5-3-2-4-12(13)18-19-20/h2-8H,9H2,1H3,(H,17,21). The van der Waals surface area contributed by atoms with Crippen LogP contribution in [-0.2, 0) is 11.3 Å². The summed E-state index contributed by atoms with van der Waals surface area (Å²) in [5.74, 6) is 0.297. The summed E-state index contributed by atoms with van der Waals surface area (Å²) in [6, 6.07) is 12.5. The summed E-state index contributed by atoms with van der Waals surface area (Å²) >= 11 is 5.95. The Kier molecular flexibility index (Phi) is 3.93. The number of hydrogen-bond acceptors (Lipinski definition) is 4. The van der Waals surface area contributed by atoms with E-state index < -0.39 is 0 Å². The minimum absolute atomic E-state index is 0.0749. The molecule has 0 aliphatic carbocycles. The fourth-order valence-electron chi connectivity index (χ4n) is 2.11. The Labute approximate surface area is 131 Å². The van der Waals surface area contributed by atoms with Crippen molar-refractivity contribution in [2.45, 2.75) is 6.54 Å². The monoisotopic (exact) mass is 316 g/mol. The van der Waals surface area contributed by atoms with Crippen LogP contribution in [0.1, 0.15) is 0 Å². The molecule has 1 aromatic heterocycles. The first kappa shape index (κ1) is 14.3. The topological polar surface area (TPSA) is 69.0 Å². The largest absolute Gasteiger partial charge is 0.495 e. The molecule has 0 atom stereocenters. The van der Waals surface area contributed by atoms with Crippen molar-refractivity contribution in [2.24, 2.45) is 0 Å². The number of nitrogens with one attached hydrogen (secondary N) is 1. The predicted octanol–water partition coefficient (Wildman–Crippen LogP) is 2.73. The van der Waals surface area contributed by atoms with Gasteiger partial charge in [0.2, 0.25) is 5.91 Å². The van der Waals surface area contributed by atoms with Gasteiger partial charge in [-0.1, -0.05) is 28.9 Å². The molecule has 112 valence electrons. The molecule has 7 heteroatoms. The maximum Gasteiger partial charge on any atom is 0.246 e. The average molecular weight is 317 g/mol. The lowest BCUT2D eigenvalue weighted by molar-refractivity contribution is -0.116. The number of carbonyl (C=O) groups is 1. The van der Waals surface area contributed by atoms with Crippen LogP contribution in [0.3, 0.4) is 0 Å². The van der Waals surface area contributed by atoms with Crippen LogP contribution < -0.4 is 10.1 Å². The van der Waals surface area contributed by atoms with Crippen molar-refractivity contribution in [3.63, 3.8) is 0 Å². The van der Waals surface area contributed by atoms with Crippen molar-refractivity contribution in [1.29, 1.82) is 0 Å². The molecule has 1 amide bonds. The number of nitrogens with zero attached hydrogens (tertiary/aromatic N) is 3. The van der Waals surface area contributed by atoms with Gasteiger partial charge in [0.15, 0.2) is 0 Å². The quantitative estimate of drug-likeness (QED) is 0.803. The molecule has 1 N–H and O–H groups in total. The number of rotatable bonds is 4. The fraction of sp³-hybridized carbons (Fsp3) is 0.133. The molecule has 3 rings (SSSR count). The van der Waals surface area contributed by atoms with E-state index in [2.05, 4.69) is 15.6 Å². The fourth-order valence-corrected chi connectivity index (χ4v) is 2.30. The van der Waals surface area contributed by atoms with E-state index in [1.54, 1.807) is 22.9 Å². The molecule has 1 heterocycles. The molecule has 2 aromatic carbocycles. The number of ether oxygens (including phenoxy) is 1. The number of aromatic nitrogens is 3. The molecule has 0 spiro atoms. The second-order valence-electron chi connectivity index (χ2n) is 4.63. The maximum atomic E-state index is 12.1. The summed E-state index contributed by atoms with van der Waals surface area (Å²) in [4.78, 5) is 12.1. The van der Waals surface area contributed by atoms with Crippen LogP contribution in [0.15, 0.2) is 42.5 Å². The smallest absolute Gasteiger partial charge is 0.246 e. The zero-order chi connectivity index (χ0) is 15.5. The van der Waals surface area contributed by atoms with E-state index >= 15 is 0 Å². The third-order valence-electron chi connectivity index (χ3n) is 3.15. The lowest BCUT2D eigenvalue weighted by atomic mass is 10.3. The highest BCUT2D eigenvalue weighted by molar-refractivity contribution is 6.32. The van der Waals surface area contributed by atoms with Crippen LogP contribution in [0.25, 0.3) is 11.0 Å². The molecule has 0 aliphatic heterocycles. The van der Waals surface area contributed by atoms with Gasteiger partial charge in [0.1, 0.15) is 17.8 Å². The molecule has 0 saturated carbocycles. The summed E-state index contributed by atoms with van der Waals surface area (Å²) in [5.41, 5.74) is 2.17. The van der Waals surface area contributed by atoms with Crippen molar-refractivity contribution < 1.29 is 9.53 Å². The number of carbonyl (C=O) groups excluding carboxylic acids is 1. The Morgan fingerprint density at radius 3 is 2.95 bits per heavy atom. The minimum Gasteiger partial charge on any atom is -0.495 e. The van der Waals surface area contributed by atoms with Crippen LogP contribution in [0, 0.1) is 0 Å². The minimum atomic E-state index is -0.208. The van der Waals surface area contributed by atoms with Gasteiger partial charge in [-0.2, -0.15) is 0 Å². The van der Waals surface area contributed by atoms with Gasteiger partial charge in [0, 0.05) is 11.8 Å². The van der Waals surface area contributed by atoms with Crippen molar-refractivity contribution in [2.75, 3.05) is 12.4 Å². The third-order valence-corrected chi connectivity index (χ3v) is 3.46. The van der Waals surface area contributed by atoms with Crippen LogP contribution >= 0.6 is 11.6 Å². The van der Waals surface area contributed by atoms with E-state index in [9.17, 15) is 4.79 Å². The summed E-state index contributed by atoms with van der Waals surface area (Å²) in [6.07, 6.45) is 0. The van der Waals surface area contributed by atoms with Crippen LogP contribution in [0.2, 0.25) is 5.02 Å². The first-order chi connectivity index (χ1) is 10.7. The van der Waals surface area contributed by atoms with Gasteiger partial charge >= 0.3 is 0 Å². The van der Waals surface area contributed by atoms with Gasteiger partial charge in [0.25, 0.3) is 0 Å². The first-order valence-electron chi connectivity index (χ1n) is 6.59. The number of fused-ring (bicyclic) bond motifs is 1. The molecule has 0 radical (unpaired) electrons. The summed E-state index contributed by atoms with van der Waals surface area (Å²) < 4.78 is 6.67. The highest BCUT2D eigenvalue weighted by atomic mass is 35.5. The zero-order valence-electron chi connectivity index (χ0n) is 11.8. The Bertz CT molecular complexity index is 831. The van der Waals surface area contributed by atoms with E-state index in [4.69, 9.17) is 16.3 Å². The molecule has 0 aliphatic rings. The SMILES string of the molecule is COc1cc(NC(=O)Cn2nnc3ccccc32)ccc1Cl. The van der Waals surface area contributed by atoms with Crippen LogP contribution in [0.4, 0.5) is 5.69 Å². The van der Waals surface area contributed by atoms with Gasteiger partial charge in [0.05, 0.1) is 17.6 Å². The molecular formula is C15H13ClN4O2.